The standard InChI is InChI=1S/C20H31N3O3/c1-14(24)21-15-7-9-16(10-8-15)22(6)20(5)11-12-23(18(25)26)17(13-20)19(2,3)4/h7-10,17H,11-13H2,1-6H3,(H,21,24)(H,25,26). The number of likely N-dealkylation sites (tertiary alicyclic amines) is 1. The van der Waals surface area contributed by atoms with E-state index < -0.39 is 6.09 Å². The average Bonchev–Trinajstić information content (AvgIpc) is 2.53. The van der Waals surface area contributed by atoms with Gasteiger partial charge in [-0.3, -0.25) is 4.79 Å². The second-order valence-electron chi connectivity index (χ2n) is 8.60. The van der Waals surface area contributed by atoms with Gasteiger partial charge in [-0.15, -0.1) is 0 Å². The molecule has 26 heavy (non-hydrogen) atoms. The molecule has 1 saturated heterocycles. The van der Waals surface area contributed by atoms with Gasteiger partial charge in [-0.2, -0.15) is 0 Å². The molecule has 1 heterocycles. The largest absolute Gasteiger partial charge is 0.465 e. The lowest BCUT2D eigenvalue weighted by molar-refractivity contribution is -0.114. The first-order chi connectivity index (χ1) is 11.9. The molecule has 0 bridgehead atoms. The Balaban J connectivity index is 2.23. The van der Waals surface area contributed by atoms with Crippen LogP contribution in [0.4, 0.5) is 16.2 Å². The van der Waals surface area contributed by atoms with Crippen molar-refractivity contribution in [2.45, 2.75) is 59.0 Å². The molecule has 1 aliphatic heterocycles. The molecule has 0 aromatic heterocycles. The fourth-order valence-electron chi connectivity index (χ4n) is 3.74. The molecule has 0 saturated carbocycles. The van der Waals surface area contributed by atoms with E-state index in [1.54, 1.807) is 4.90 Å². The normalized spacial score (nSPS) is 23.5. The molecule has 2 unspecified atom stereocenters. The van der Waals surface area contributed by atoms with E-state index >= 15 is 0 Å². The van der Waals surface area contributed by atoms with Crippen LogP contribution in [-0.2, 0) is 4.79 Å². The van der Waals surface area contributed by atoms with Gasteiger partial charge in [0, 0.05) is 43.5 Å². The number of carbonyl (C=O) groups excluding carboxylic acids is 1. The lowest BCUT2D eigenvalue weighted by Crippen LogP contribution is -2.60. The minimum absolute atomic E-state index is 0.0418. The predicted octanol–water partition coefficient (Wildman–Crippen LogP) is 4.03. The summed E-state index contributed by atoms with van der Waals surface area (Å²) in [6.07, 6.45) is 0.706. The Kier molecular flexibility index (Phi) is 5.54. The third-order valence-electron chi connectivity index (χ3n) is 5.53. The molecule has 144 valence electrons. The maximum absolute atomic E-state index is 11.7. The summed E-state index contributed by atoms with van der Waals surface area (Å²) in [6, 6.07) is 7.73. The van der Waals surface area contributed by atoms with E-state index in [4.69, 9.17) is 0 Å². The van der Waals surface area contributed by atoms with Crippen LogP contribution in [0.5, 0.6) is 0 Å². The van der Waals surface area contributed by atoms with Crippen LogP contribution >= 0.6 is 0 Å². The molecule has 1 fully saturated rings. The van der Waals surface area contributed by atoms with Crippen LogP contribution in [0.2, 0.25) is 0 Å². The summed E-state index contributed by atoms with van der Waals surface area (Å²) in [4.78, 5) is 26.7. The third-order valence-corrected chi connectivity index (χ3v) is 5.53. The van der Waals surface area contributed by atoms with Gasteiger partial charge in [0.2, 0.25) is 5.91 Å². The molecular formula is C20H31N3O3. The van der Waals surface area contributed by atoms with Gasteiger partial charge >= 0.3 is 6.09 Å². The Labute approximate surface area is 156 Å². The minimum atomic E-state index is -0.839. The maximum atomic E-state index is 11.7. The van der Waals surface area contributed by atoms with Gasteiger partial charge < -0.3 is 20.2 Å². The zero-order chi connectivity index (χ0) is 19.7. The number of nitrogens with zero attached hydrogens (tertiary/aromatic N) is 2. The second kappa shape index (κ2) is 7.17. The zero-order valence-corrected chi connectivity index (χ0v) is 16.7. The van der Waals surface area contributed by atoms with E-state index in [0.717, 1.165) is 24.2 Å². The number of hydrogen-bond donors (Lipinski definition) is 2. The van der Waals surface area contributed by atoms with Crippen LogP contribution in [0.25, 0.3) is 0 Å². The van der Waals surface area contributed by atoms with Gasteiger partial charge in [-0.05, 0) is 49.4 Å². The lowest BCUT2D eigenvalue weighted by Gasteiger charge is -2.52. The van der Waals surface area contributed by atoms with Gasteiger partial charge in [0.15, 0.2) is 0 Å². The van der Waals surface area contributed by atoms with E-state index in [0.29, 0.717) is 6.54 Å². The van der Waals surface area contributed by atoms with Crippen LogP contribution in [0.1, 0.15) is 47.5 Å². The van der Waals surface area contributed by atoms with Gasteiger partial charge in [-0.25, -0.2) is 4.79 Å². The van der Waals surface area contributed by atoms with Crippen molar-refractivity contribution in [2.24, 2.45) is 5.41 Å². The van der Waals surface area contributed by atoms with Crippen molar-refractivity contribution in [1.29, 1.82) is 0 Å². The molecule has 2 atom stereocenters. The number of hydrogen-bond acceptors (Lipinski definition) is 3. The highest BCUT2D eigenvalue weighted by Crippen LogP contribution is 2.40. The number of carbonyl (C=O) groups is 2. The van der Waals surface area contributed by atoms with Gasteiger partial charge in [0.05, 0.1) is 0 Å². The number of nitrogens with one attached hydrogen (secondary N) is 1. The van der Waals surface area contributed by atoms with Crippen LogP contribution in [0.3, 0.4) is 0 Å². The van der Waals surface area contributed by atoms with Crippen molar-refractivity contribution in [3.8, 4) is 0 Å². The first kappa shape index (κ1) is 20.1. The number of rotatable bonds is 3. The monoisotopic (exact) mass is 361 g/mol. The molecule has 0 aliphatic carbocycles. The molecule has 2 N–H and O–H groups in total. The van der Waals surface area contributed by atoms with Crippen LogP contribution < -0.4 is 10.2 Å². The number of anilines is 2. The zero-order valence-electron chi connectivity index (χ0n) is 16.7. The molecule has 1 aliphatic rings. The SMILES string of the molecule is CC(=O)Nc1ccc(N(C)C2(C)CCN(C(=O)O)C(C(C)(C)C)C2)cc1. The van der Waals surface area contributed by atoms with Gasteiger partial charge in [0.25, 0.3) is 0 Å². The fraction of sp³-hybridized carbons (Fsp3) is 0.600. The highest BCUT2D eigenvalue weighted by atomic mass is 16.4. The number of benzene rings is 1. The Morgan fingerprint density at radius 2 is 1.85 bits per heavy atom. The molecule has 0 spiro atoms. The van der Waals surface area contributed by atoms with Crippen molar-refractivity contribution in [3.63, 3.8) is 0 Å². The molecule has 6 nitrogen and oxygen atoms in total. The fourth-order valence-corrected chi connectivity index (χ4v) is 3.74. The highest BCUT2D eigenvalue weighted by molar-refractivity contribution is 5.88. The summed E-state index contributed by atoms with van der Waals surface area (Å²) in [5.74, 6) is -0.0906. The molecular weight excluding hydrogens is 330 g/mol. The van der Waals surface area contributed by atoms with E-state index in [2.05, 4.69) is 45.0 Å². The summed E-state index contributed by atoms with van der Waals surface area (Å²) in [5, 5.41) is 12.4. The highest BCUT2D eigenvalue weighted by Gasteiger charge is 2.45. The smallest absolute Gasteiger partial charge is 0.407 e. The first-order valence-electron chi connectivity index (χ1n) is 9.05. The second-order valence-corrected chi connectivity index (χ2v) is 8.60. The molecule has 6 heteroatoms. The minimum Gasteiger partial charge on any atom is -0.465 e. The number of amides is 2. The van der Waals surface area contributed by atoms with Crippen molar-refractivity contribution in [1.82, 2.24) is 4.90 Å². The average molecular weight is 361 g/mol. The van der Waals surface area contributed by atoms with Crippen molar-refractivity contribution < 1.29 is 14.7 Å². The van der Waals surface area contributed by atoms with Crippen molar-refractivity contribution in [2.75, 3.05) is 23.8 Å². The van der Waals surface area contributed by atoms with Crippen molar-refractivity contribution >= 4 is 23.4 Å². The van der Waals surface area contributed by atoms with Gasteiger partial charge in [0.1, 0.15) is 0 Å². The topological polar surface area (TPSA) is 72.9 Å². The van der Waals surface area contributed by atoms with Crippen LogP contribution in [-0.4, -0.2) is 47.2 Å². The van der Waals surface area contributed by atoms with E-state index in [1.165, 1.54) is 6.92 Å². The molecule has 0 radical (unpaired) electrons. The Hall–Kier alpha value is -2.24. The quantitative estimate of drug-likeness (QED) is 0.852. The molecule has 1 aromatic carbocycles. The Morgan fingerprint density at radius 3 is 2.31 bits per heavy atom. The number of carboxylic acid groups (broad SMARTS) is 1. The summed E-state index contributed by atoms with van der Waals surface area (Å²) in [7, 11) is 2.06. The van der Waals surface area contributed by atoms with E-state index in [1.807, 2.05) is 24.3 Å². The van der Waals surface area contributed by atoms with E-state index in [-0.39, 0.29) is 22.9 Å². The predicted molar refractivity (Wildman–Crippen MR) is 105 cm³/mol. The Bertz CT molecular complexity index is 666. The van der Waals surface area contributed by atoms with Crippen LogP contribution in [0.15, 0.2) is 24.3 Å². The summed E-state index contributed by atoms with van der Waals surface area (Å²) < 4.78 is 0. The van der Waals surface area contributed by atoms with Gasteiger partial charge in [-0.1, -0.05) is 20.8 Å². The summed E-state index contributed by atoms with van der Waals surface area (Å²) in [6.45, 7) is 10.5. The maximum Gasteiger partial charge on any atom is 0.407 e. The number of piperidine rings is 1. The first-order valence-corrected chi connectivity index (χ1v) is 9.05. The molecule has 1 aromatic rings. The van der Waals surface area contributed by atoms with E-state index in [9.17, 15) is 14.7 Å². The molecule has 2 rings (SSSR count). The van der Waals surface area contributed by atoms with Crippen LogP contribution in [0, 0.1) is 5.41 Å². The summed E-state index contributed by atoms with van der Waals surface area (Å²) >= 11 is 0. The molecule has 2 amide bonds. The lowest BCUT2D eigenvalue weighted by atomic mass is 9.73. The van der Waals surface area contributed by atoms with Crippen molar-refractivity contribution in [3.05, 3.63) is 24.3 Å². The Morgan fingerprint density at radius 1 is 1.27 bits per heavy atom. The summed E-state index contributed by atoms with van der Waals surface area (Å²) in [5.41, 5.74) is 1.56. The third kappa shape index (κ3) is 4.29.